The minimum absolute atomic E-state index is 0.258. The summed E-state index contributed by atoms with van der Waals surface area (Å²) in [5, 5.41) is 0.516. The summed E-state index contributed by atoms with van der Waals surface area (Å²) in [7, 11) is 0. The highest BCUT2D eigenvalue weighted by Gasteiger charge is 2.18. The zero-order valence-corrected chi connectivity index (χ0v) is 10.6. The van der Waals surface area contributed by atoms with Crippen LogP contribution in [0.4, 0.5) is 0 Å². The monoisotopic (exact) mass is 238 g/mol. The van der Waals surface area contributed by atoms with Crippen molar-refractivity contribution in [2.75, 3.05) is 39.3 Å². The first-order chi connectivity index (χ1) is 6.58. The van der Waals surface area contributed by atoms with Crippen molar-refractivity contribution in [1.29, 1.82) is 0 Å². The Balaban J connectivity index is 2.17. The molecule has 1 fully saturated rings. The van der Waals surface area contributed by atoms with Crippen LogP contribution in [0.2, 0.25) is 0 Å². The molecule has 14 heavy (non-hydrogen) atoms. The average Bonchev–Trinajstić information content (AvgIpc) is 2.06. The molecule has 0 amide bonds. The second-order valence-electron chi connectivity index (χ2n) is 4.16. The molecule has 0 aromatic rings. The summed E-state index contributed by atoms with van der Waals surface area (Å²) in [4.78, 5) is 4.85. The van der Waals surface area contributed by atoms with E-state index < -0.39 is 0 Å². The van der Waals surface area contributed by atoms with E-state index in [0.29, 0.717) is 0 Å². The quantitative estimate of drug-likeness (QED) is 0.691. The molecule has 1 saturated heterocycles. The van der Waals surface area contributed by atoms with Gasteiger partial charge in [-0.1, -0.05) is 0 Å². The predicted octanol–water partition coefficient (Wildman–Crippen LogP) is 1.86. The van der Waals surface area contributed by atoms with Crippen LogP contribution in [0.15, 0.2) is 0 Å². The zero-order valence-electron chi connectivity index (χ0n) is 9.05. The molecule has 1 aliphatic heterocycles. The van der Waals surface area contributed by atoms with Crippen molar-refractivity contribution in [1.82, 2.24) is 9.80 Å². The van der Waals surface area contributed by atoms with Crippen LogP contribution in [-0.2, 0) is 0 Å². The minimum Gasteiger partial charge on any atom is -0.299 e. The summed E-state index contributed by atoms with van der Waals surface area (Å²) in [6, 6.07) is 0. The van der Waals surface area contributed by atoms with Crippen molar-refractivity contribution in [3.8, 4) is 0 Å². The predicted molar refractivity (Wildman–Crippen MR) is 63.5 cm³/mol. The van der Waals surface area contributed by atoms with Gasteiger partial charge in [0.2, 0.25) is 0 Å². The van der Waals surface area contributed by atoms with Crippen LogP contribution in [0.1, 0.15) is 13.8 Å². The van der Waals surface area contributed by atoms with Gasteiger partial charge in [0, 0.05) is 50.0 Å². The fraction of sp³-hybridized carbons (Fsp3) is 1.00. The molecule has 0 radical (unpaired) electrons. The van der Waals surface area contributed by atoms with Gasteiger partial charge in [0.25, 0.3) is 0 Å². The SMILES string of the molecule is CC(Cl)CN1CCN(CC(C)Cl)CC1. The van der Waals surface area contributed by atoms with Crippen molar-refractivity contribution < 1.29 is 0 Å². The maximum Gasteiger partial charge on any atom is 0.0435 e. The van der Waals surface area contributed by atoms with Gasteiger partial charge in [-0.15, -0.1) is 23.2 Å². The highest BCUT2D eigenvalue weighted by molar-refractivity contribution is 6.20. The molecule has 0 bridgehead atoms. The van der Waals surface area contributed by atoms with E-state index in [0.717, 1.165) is 39.3 Å². The van der Waals surface area contributed by atoms with Gasteiger partial charge in [0.05, 0.1) is 0 Å². The second-order valence-corrected chi connectivity index (χ2v) is 5.65. The van der Waals surface area contributed by atoms with Crippen molar-refractivity contribution in [2.45, 2.75) is 24.6 Å². The van der Waals surface area contributed by atoms with Gasteiger partial charge >= 0.3 is 0 Å². The fourth-order valence-corrected chi connectivity index (χ4v) is 2.26. The van der Waals surface area contributed by atoms with E-state index in [4.69, 9.17) is 23.2 Å². The van der Waals surface area contributed by atoms with Gasteiger partial charge in [0.15, 0.2) is 0 Å². The number of rotatable bonds is 4. The highest BCUT2D eigenvalue weighted by Crippen LogP contribution is 2.07. The van der Waals surface area contributed by atoms with Gasteiger partial charge in [-0.05, 0) is 13.8 Å². The smallest absolute Gasteiger partial charge is 0.0435 e. The molecule has 1 heterocycles. The van der Waals surface area contributed by atoms with Crippen LogP contribution in [0.3, 0.4) is 0 Å². The first kappa shape index (κ1) is 12.6. The Hall–Kier alpha value is 0.500. The van der Waals surface area contributed by atoms with Crippen LogP contribution in [0.25, 0.3) is 0 Å². The van der Waals surface area contributed by atoms with Gasteiger partial charge < -0.3 is 0 Å². The first-order valence-corrected chi connectivity index (χ1v) is 6.18. The van der Waals surface area contributed by atoms with Crippen LogP contribution in [-0.4, -0.2) is 59.8 Å². The lowest BCUT2D eigenvalue weighted by Crippen LogP contribution is -2.48. The highest BCUT2D eigenvalue weighted by atomic mass is 35.5. The standard InChI is InChI=1S/C10H20Cl2N2/c1-9(11)7-13-3-5-14(6-4-13)8-10(2)12/h9-10H,3-8H2,1-2H3. The molecule has 2 unspecified atom stereocenters. The van der Waals surface area contributed by atoms with E-state index in [1.807, 2.05) is 0 Å². The topological polar surface area (TPSA) is 6.48 Å². The summed E-state index contributed by atoms with van der Waals surface area (Å²) < 4.78 is 0. The second kappa shape index (κ2) is 6.16. The van der Waals surface area contributed by atoms with E-state index >= 15 is 0 Å². The molecular weight excluding hydrogens is 219 g/mol. The molecule has 0 aromatic carbocycles. The van der Waals surface area contributed by atoms with Crippen LogP contribution in [0, 0.1) is 0 Å². The van der Waals surface area contributed by atoms with E-state index in [1.54, 1.807) is 0 Å². The van der Waals surface area contributed by atoms with Gasteiger partial charge in [-0.3, -0.25) is 9.80 Å². The molecule has 84 valence electrons. The van der Waals surface area contributed by atoms with Crippen LogP contribution in [0.5, 0.6) is 0 Å². The Labute approximate surface area is 97.1 Å². The molecule has 4 heteroatoms. The Bertz CT molecular complexity index is 136. The summed E-state index contributed by atoms with van der Waals surface area (Å²) in [5.74, 6) is 0. The molecule has 1 aliphatic rings. The van der Waals surface area contributed by atoms with Crippen LogP contribution >= 0.6 is 23.2 Å². The molecule has 2 nitrogen and oxygen atoms in total. The number of piperazine rings is 1. The molecule has 0 N–H and O–H groups in total. The molecule has 0 aliphatic carbocycles. The largest absolute Gasteiger partial charge is 0.299 e. The molecule has 0 saturated carbocycles. The Morgan fingerprint density at radius 2 is 1.14 bits per heavy atom. The average molecular weight is 239 g/mol. The van der Waals surface area contributed by atoms with Crippen molar-refractivity contribution in [3.63, 3.8) is 0 Å². The Morgan fingerprint density at radius 3 is 1.36 bits per heavy atom. The van der Waals surface area contributed by atoms with E-state index in [9.17, 15) is 0 Å². The lowest BCUT2D eigenvalue weighted by Gasteiger charge is -2.35. The Kier molecular flexibility index (Phi) is 5.53. The molecule has 0 aromatic heterocycles. The maximum atomic E-state index is 5.96. The van der Waals surface area contributed by atoms with Crippen molar-refractivity contribution in [3.05, 3.63) is 0 Å². The molecule has 0 spiro atoms. The third-order valence-corrected chi connectivity index (χ3v) is 2.76. The summed E-state index contributed by atoms with van der Waals surface area (Å²) >= 11 is 11.9. The van der Waals surface area contributed by atoms with E-state index in [1.165, 1.54) is 0 Å². The van der Waals surface area contributed by atoms with Gasteiger partial charge in [-0.25, -0.2) is 0 Å². The van der Waals surface area contributed by atoms with Crippen molar-refractivity contribution in [2.24, 2.45) is 0 Å². The fourth-order valence-electron chi connectivity index (χ4n) is 1.87. The number of nitrogens with zero attached hydrogens (tertiary/aromatic N) is 2. The van der Waals surface area contributed by atoms with Gasteiger partial charge in [-0.2, -0.15) is 0 Å². The number of hydrogen-bond donors (Lipinski definition) is 0. The van der Waals surface area contributed by atoms with E-state index in [2.05, 4.69) is 23.6 Å². The number of alkyl halides is 2. The third kappa shape index (κ3) is 4.83. The van der Waals surface area contributed by atoms with Gasteiger partial charge in [0.1, 0.15) is 0 Å². The van der Waals surface area contributed by atoms with Crippen LogP contribution < -0.4 is 0 Å². The normalized spacial score (nSPS) is 24.9. The molecular formula is C10H20Cl2N2. The summed E-state index contributed by atoms with van der Waals surface area (Å²) in [6.45, 7) is 10.6. The van der Waals surface area contributed by atoms with E-state index in [-0.39, 0.29) is 10.8 Å². The zero-order chi connectivity index (χ0) is 10.6. The maximum absolute atomic E-state index is 5.96. The lowest BCUT2D eigenvalue weighted by molar-refractivity contribution is 0.134. The molecule has 1 rings (SSSR count). The lowest BCUT2D eigenvalue weighted by atomic mass is 10.3. The first-order valence-electron chi connectivity index (χ1n) is 5.30. The van der Waals surface area contributed by atoms with Crippen molar-refractivity contribution >= 4 is 23.2 Å². The Morgan fingerprint density at radius 1 is 0.857 bits per heavy atom. The summed E-state index contributed by atoms with van der Waals surface area (Å²) in [5.41, 5.74) is 0. The summed E-state index contributed by atoms with van der Waals surface area (Å²) in [6.07, 6.45) is 0. The number of hydrogen-bond acceptors (Lipinski definition) is 2. The third-order valence-electron chi connectivity index (χ3n) is 2.48. The molecule has 2 atom stereocenters. The number of halogens is 2. The minimum atomic E-state index is 0.258.